The molecule has 94 valence electrons. The number of rotatable bonds is 1. The summed E-state index contributed by atoms with van der Waals surface area (Å²) in [7, 11) is 3.78. The van der Waals surface area contributed by atoms with E-state index in [4.69, 9.17) is 0 Å². The summed E-state index contributed by atoms with van der Waals surface area (Å²) in [4.78, 5) is 1.96. The largest absolute Gasteiger partial charge is 0.416 e. The first-order chi connectivity index (χ1) is 7.89. The molecule has 0 aromatic heterocycles. The minimum atomic E-state index is -4.27. The third-order valence-electron chi connectivity index (χ3n) is 3.09. The summed E-state index contributed by atoms with van der Waals surface area (Å²) in [5.41, 5.74) is 0.964. The molecule has 0 aliphatic carbocycles. The highest BCUT2D eigenvalue weighted by molar-refractivity contribution is 5.56. The second kappa shape index (κ2) is 4.22. The SMILES string of the molecule is CN(C)C1CCNc2ccc(C(F)(F)F)cc21. The minimum absolute atomic E-state index is 0.0496. The number of nitrogens with one attached hydrogen (secondary N) is 1. The van der Waals surface area contributed by atoms with Gasteiger partial charge in [-0.3, -0.25) is 0 Å². The van der Waals surface area contributed by atoms with E-state index in [0.29, 0.717) is 0 Å². The number of anilines is 1. The van der Waals surface area contributed by atoms with Crippen molar-refractivity contribution in [3.8, 4) is 0 Å². The average molecular weight is 244 g/mol. The standard InChI is InChI=1S/C12H15F3N2/c1-17(2)11-5-6-16-10-4-3-8(7-9(10)11)12(13,14)15/h3-4,7,11,16H,5-6H2,1-2H3. The molecule has 1 atom stereocenters. The molecule has 1 unspecified atom stereocenters. The predicted octanol–water partition coefficient (Wildman–Crippen LogP) is 3.12. The summed E-state index contributed by atoms with van der Waals surface area (Å²) in [6.07, 6.45) is -3.45. The van der Waals surface area contributed by atoms with Crippen LogP contribution in [0.25, 0.3) is 0 Å². The first-order valence-electron chi connectivity index (χ1n) is 5.51. The van der Waals surface area contributed by atoms with Crippen molar-refractivity contribution in [2.24, 2.45) is 0 Å². The Morgan fingerprint density at radius 3 is 2.59 bits per heavy atom. The summed E-state index contributed by atoms with van der Waals surface area (Å²) in [5, 5.41) is 3.13. The van der Waals surface area contributed by atoms with E-state index >= 15 is 0 Å². The molecule has 0 spiro atoms. The molecule has 0 fully saturated rings. The molecule has 1 aromatic rings. The van der Waals surface area contributed by atoms with Crippen molar-refractivity contribution in [3.63, 3.8) is 0 Å². The Morgan fingerprint density at radius 2 is 2.00 bits per heavy atom. The van der Waals surface area contributed by atoms with Crippen molar-refractivity contribution < 1.29 is 13.2 Å². The van der Waals surface area contributed by atoms with Crippen LogP contribution in [0.15, 0.2) is 18.2 Å². The van der Waals surface area contributed by atoms with Gasteiger partial charge in [-0.15, -0.1) is 0 Å². The van der Waals surface area contributed by atoms with E-state index in [1.54, 1.807) is 0 Å². The quantitative estimate of drug-likeness (QED) is 0.816. The summed E-state index contributed by atoms with van der Waals surface area (Å²) in [6, 6.07) is 3.96. The number of fused-ring (bicyclic) bond motifs is 1. The molecule has 0 saturated heterocycles. The van der Waals surface area contributed by atoms with Crippen LogP contribution in [0.1, 0.15) is 23.6 Å². The molecule has 1 aromatic carbocycles. The molecular weight excluding hydrogens is 229 g/mol. The molecule has 1 N–H and O–H groups in total. The van der Waals surface area contributed by atoms with Crippen molar-refractivity contribution in [2.45, 2.75) is 18.6 Å². The molecule has 2 rings (SSSR count). The highest BCUT2D eigenvalue weighted by Gasteiger charge is 2.32. The molecule has 2 nitrogen and oxygen atoms in total. The second-order valence-corrected chi connectivity index (χ2v) is 4.49. The van der Waals surface area contributed by atoms with E-state index in [-0.39, 0.29) is 6.04 Å². The lowest BCUT2D eigenvalue weighted by Gasteiger charge is -2.32. The zero-order valence-electron chi connectivity index (χ0n) is 9.80. The first kappa shape index (κ1) is 12.2. The van der Waals surface area contributed by atoms with Gasteiger partial charge in [0.2, 0.25) is 0 Å². The van der Waals surface area contributed by atoms with Gasteiger partial charge in [0.25, 0.3) is 0 Å². The highest BCUT2D eigenvalue weighted by atomic mass is 19.4. The summed E-state index contributed by atoms with van der Waals surface area (Å²) in [6.45, 7) is 0.793. The Balaban J connectivity index is 2.44. The Labute approximate surface area is 98.4 Å². The molecule has 0 radical (unpaired) electrons. The fraction of sp³-hybridized carbons (Fsp3) is 0.500. The zero-order valence-corrected chi connectivity index (χ0v) is 9.80. The maximum atomic E-state index is 12.7. The first-order valence-corrected chi connectivity index (χ1v) is 5.51. The lowest BCUT2D eigenvalue weighted by atomic mass is 9.95. The van der Waals surface area contributed by atoms with Crippen LogP contribution in [0, 0.1) is 0 Å². The smallest absolute Gasteiger partial charge is 0.385 e. The maximum Gasteiger partial charge on any atom is 0.416 e. The molecule has 1 aliphatic heterocycles. The molecule has 0 bridgehead atoms. The van der Waals surface area contributed by atoms with Crippen molar-refractivity contribution in [1.82, 2.24) is 4.90 Å². The Kier molecular flexibility index (Phi) is 3.03. The number of alkyl halides is 3. The molecule has 17 heavy (non-hydrogen) atoms. The number of hydrogen-bond acceptors (Lipinski definition) is 2. The van der Waals surface area contributed by atoms with Crippen molar-refractivity contribution in [3.05, 3.63) is 29.3 Å². The van der Waals surface area contributed by atoms with Crippen molar-refractivity contribution in [1.29, 1.82) is 0 Å². The highest BCUT2D eigenvalue weighted by Crippen LogP contribution is 2.37. The third-order valence-corrected chi connectivity index (χ3v) is 3.09. The predicted molar refractivity (Wildman–Crippen MR) is 61.0 cm³/mol. The molecule has 1 aliphatic rings. The van der Waals surface area contributed by atoms with Gasteiger partial charge in [-0.1, -0.05) is 0 Å². The Morgan fingerprint density at radius 1 is 1.29 bits per heavy atom. The molecule has 0 saturated carbocycles. The van der Waals surface area contributed by atoms with E-state index in [0.717, 1.165) is 30.3 Å². The zero-order chi connectivity index (χ0) is 12.6. The summed E-state index contributed by atoms with van der Waals surface area (Å²) in [5.74, 6) is 0. The molecule has 0 amide bonds. The van der Waals surface area contributed by atoms with Crippen LogP contribution in [-0.2, 0) is 6.18 Å². The van der Waals surface area contributed by atoms with Gasteiger partial charge in [0.05, 0.1) is 5.56 Å². The van der Waals surface area contributed by atoms with Crippen LogP contribution >= 0.6 is 0 Å². The van der Waals surface area contributed by atoms with E-state index in [2.05, 4.69) is 5.32 Å². The monoisotopic (exact) mass is 244 g/mol. The van der Waals surface area contributed by atoms with Crippen LogP contribution < -0.4 is 5.32 Å². The number of halogens is 3. The van der Waals surface area contributed by atoms with Gasteiger partial charge in [-0.25, -0.2) is 0 Å². The van der Waals surface area contributed by atoms with E-state index in [1.165, 1.54) is 12.1 Å². The van der Waals surface area contributed by atoms with Crippen LogP contribution in [-0.4, -0.2) is 25.5 Å². The van der Waals surface area contributed by atoms with Gasteiger partial charge in [0, 0.05) is 18.3 Å². The third kappa shape index (κ3) is 2.39. The second-order valence-electron chi connectivity index (χ2n) is 4.49. The van der Waals surface area contributed by atoms with Gasteiger partial charge >= 0.3 is 6.18 Å². The Hall–Kier alpha value is -1.23. The van der Waals surface area contributed by atoms with Crippen LogP contribution in [0.4, 0.5) is 18.9 Å². The maximum absolute atomic E-state index is 12.7. The van der Waals surface area contributed by atoms with Crippen LogP contribution in [0.2, 0.25) is 0 Å². The van der Waals surface area contributed by atoms with E-state index < -0.39 is 11.7 Å². The summed E-state index contributed by atoms with van der Waals surface area (Å²) < 4.78 is 38.0. The number of benzene rings is 1. The Bertz CT molecular complexity index is 413. The fourth-order valence-electron chi connectivity index (χ4n) is 2.21. The summed E-state index contributed by atoms with van der Waals surface area (Å²) >= 11 is 0. The lowest BCUT2D eigenvalue weighted by Crippen LogP contribution is -2.27. The lowest BCUT2D eigenvalue weighted by molar-refractivity contribution is -0.137. The van der Waals surface area contributed by atoms with Gasteiger partial charge in [-0.2, -0.15) is 13.2 Å². The molecular formula is C12H15F3N2. The van der Waals surface area contributed by atoms with Crippen molar-refractivity contribution in [2.75, 3.05) is 26.0 Å². The fourth-order valence-corrected chi connectivity index (χ4v) is 2.21. The van der Waals surface area contributed by atoms with E-state index in [1.807, 2.05) is 19.0 Å². The topological polar surface area (TPSA) is 15.3 Å². The molecule has 1 heterocycles. The minimum Gasteiger partial charge on any atom is -0.385 e. The average Bonchev–Trinajstić information content (AvgIpc) is 2.26. The normalized spacial score (nSPS) is 20.0. The number of hydrogen-bond donors (Lipinski definition) is 1. The molecule has 5 heteroatoms. The van der Waals surface area contributed by atoms with Crippen LogP contribution in [0.3, 0.4) is 0 Å². The van der Waals surface area contributed by atoms with Gasteiger partial charge in [0.15, 0.2) is 0 Å². The van der Waals surface area contributed by atoms with E-state index in [9.17, 15) is 13.2 Å². The van der Waals surface area contributed by atoms with Gasteiger partial charge < -0.3 is 10.2 Å². The van der Waals surface area contributed by atoms with Crippen molar-refractivity contribution >= 4 is 5.69 Å². The van der Waals surface area contributed by atoms with Gasteiger partial charge in [0.1, 0.15) is 0 Å². The van der Waals surface area contributed by atoms with Crippen LogP contribution in [0.5, 0.6) is 0 Å². The van der Waals surface area contributed by atoms with Gasteiger partial charge in [-0.05, 0) is 44.3 Å². The number of nitrogens with zero attached hydrogens (tertiary/aromatic N) is 1.